The summed E-state index contributed by atoms with van der Waals surface area (Å²) >= 11 is 0. The van der Waals surface area contributed by atoms with E-state index in [0.717, 1.165) is 4.90 Å². The fraction of sp³-hybridized carbons (Fsp3) is 0.455. The number of carboxylic acids is 1. The van der Waals surface area contributed by atoms with E-state index in [-0.39, 0.29) is 17.7 Å². The van der Waals surface area contributed by atoms with Crippen LogP contribution in [0.5, 0.6) is 0 Å². The summed E-state index contributed by atoms with van der Waals surface area (Å²) in [5, 5.41) is 17.9. The van der Waals surface area contributed by atoms with E-state index in [1.165, 1.54) is 27.0 Å². The van der Waals surface area contributed by atoms with Crippen molar-refractivity contribution in [2.75, 3.05) is 6.54 Å². The molecule has 0 radical (unpaired) electrons. The largest absolute Gasteiger partial charge is 0.478 e. The third-order valence-corrected chi connectivity index (χ3v) is 1.77. The number of aliphatic carboxylic acids is 1. The first-order valence-electron chi connectivity index (χ1n) is 4.82. The lowest BCUT2D eigenvalue weighted by Crippen LogP contribution is -2.33. The van der Waals surface area contributed by atoms with Crippen LogP contribution < -0.4 is 0 Å². The molecule has 0 spiro atoms. The summed E-state index contributed by atoms with van der Waals surface area (Å²) in [4.78, 5) is 23.4. The van der Waals surface area contributed by atoms with Gasteiger partial charge in [-0.15, -0.1) is 0 Å². The first-order valence-corrected chi connectivity index (χ1v) is 4.82. The van der Waals surface area contributed by atoms with Crippen molar-refractivity contribution in [3.63, 3.8) is 0 Å². The van der Waals surface area contributed by atoms with E-state index in [1.807, 2.05) is 0 Å². The number of hydrogen-bond acceptors (Lipinski definition) is 3. The lowest BCUT2D eigenvalue weighted by Gasteiger charge is -2.20. The zero-order chi connectivity index (χ0) is 12.9. The summed E-state index contributed by atoms with van der Waals surface area (Å²) < 4.78 is 0. The number of carbonyl (C=O) groups excluding carboxylic acids is 1. The fourth-order valence-corrected chi connectivity index (χ4v) is 1.01. The Morgan fingerprint density at radius 2 is 1.94 bits per heavy atom. The highest BCUT2D eigenvalue weighted by Gasteiger charge is 2.15. The quantitative estimate of drug-likeness (QED) is 0.680. The van der Waals surface area contributed by atoms with Crippen LogP contribution in [0.3, 0.4) is 0 Å². The van der Waals surface area contributed by atoms with E-state index < -0.39 is 18.0 Å². The molecule has 5 heteroatoms. The number of rotatable bonds is 5. The van der Waals surface area contributed by atoms with Crippen LogP contribution in [0.2, 0.25) is 0 Å². The molecule has 5 nitrogen and oxygen atoms in total. The number of aliphatic hydroxyl groups is 1. The Morgan fingerprint density at radius 3 is 2.25 bits per heavy atom. The first-order chi connectivity index (χ1) is 7.25. The van der Waals surface area contributed by atoms with Gasteiger partial charge in [-0.05, 0) is 20.8 Å². The molecule has 0 aromatic heterocycles. The second-order valence-corrected chi connectivity index (χ2v) is 3.70. The third-order valence-electron chi connectivity index (χ3n) is 1.77. The van der Waals surface area contributed by atoms with Crippen molar-refractivity contribution in [2.45, 2.75) is 26.9 Å². The van der Waals surface area contributed by atoms with Gasteiger partial charge >= 0.3 is 5.97 Å². The van der Waals surface area contributed by atoms with Crippen LogP contribution >= 0.6 is 0 Å². The molecule has 2 N–H and O–H groups in total. The van der Waals surface area contributed by atoms with Gasteiger partial charge in [-0.25, -0.2) is 4.79 Å². The molecular weight excluding hydrogens is 210 g/mol. The molecule has 0 saturated carbocycles. The Balaban J connectivity index is 4.95. The molecule has 0 fully saturated rings. The van der Waals surface area contributed by atoms with Gasteiger partial charge in [0.05, 0.1) is 18.2 Å². The lowest BCUT2D eigenvalue weighted by molar-refractivity contribution is -0.132. The van der Waals surface area contributed by atoms with Gasteiger partial charge in [-0.3, -0.25) is 4.79 Å². The molecule has 0 aliphatic rings. The normalized spacial score (nSPS) is 13.1. The van der Waals surface area contributed by atoms with Crippen molar-refractivity contribution in [3.8, 4) is 0 Å². The van der Waals surface area contributed by atoms with Gasteiger partial charge in [0, 0.05) is 11.8 Å². The fourth-order valence-electron chi connectivity index (χ4n) is 1.01. The van der Waals surface area contributed by atoms with E-state index >= 15 is 0 Å². The Kier molecular flexibility index (Phi) is 5.46. The second-order valence-electron chi connectivity index (χ2n) is 3.70. The SMILES string of the molecule is C=C(C)C(=O)N(C=C(C)C(=O)O)CC(C)O. The Bertz CT molecular complexity index is 331. The van der Waals surface area contributed by atoms with Crippen molar-refractivity contribution in [3.05, 3.63) is 23.9 Å². The van der Waals surface area contributed by atoms with Crippen LogP contribution in [0.15, 0.2) is 23.9 Å². The predicted octanol–water partition coefficient (Wildman–Crippen LogP) is 0.760. The Morgan fingerprint density at radius 1 is 1.44 bits per heavy atom. The smallest absolute Gasteiger partial charge is 0.332 e. The maximum Gasteiger partial charge on any atom is 0.332 e. The van der Waals surface area contributed by atoms with Crippen LogP contribution in [-0.2, 0) is 9.59 Å². The average molecular weight is 227 g/mol. The van der Waals surface area contributed by atoms with Gasteiger partial charge in [-0.2, -0.15) is 0 Å². The van der Waals surface area contributed by atoms with Gasteiger partial charge in [0.1, 0.15) is 0 Å². The summed E-state index contributed by atoms with van der Waals surface area (Å²) in [6, 6.07) is 0. The topological polar surface area (TPSA) is 77.8 Å². The van der Waals surface area contributed by atoms with Crippen LogP contribution in [0, 0.1) is 0 Å². The standard InChI is InChI=1S/C11H17NO4/c1-7(2)10(14)12(6-9(4)13)5-8(3)11(15)16/h5,9,13H,1,6H2,2-4H3,(H,15,16). The Labute approximate surface area is 94.7 Å². The maximum atomic E-state index is 11.6. The molecule has 0 aromatic rings. The zero-order valence-electron chi connectivity index (χ0n) is 9.73. The van der Waals surface area contributed by atoms with Crippen molar-refractivity contribution in [1.29, 1.82) is 0 Å². The molecule has 1 amide bonds. The average Bonchev–Trinajstić information content (AvgIpc) is 2.14. The summed E-state index contributed by atoms with van der Waals surface area (Å²) in [6.07, 6.45) is 0.465. The molecule has 1 atom stereocenters. The number of aliphatic hydroxyl groups excluding tert-OH is 1. The summed E-state index contributed by atoms with van der Waals surface area (Å²) in [5.74, 6) is -1.51. The molecule has 0 aliphatic heterocycles. The lowest BCUT2D eigenvalue weighted by atomic mass is 10.2. The van der Waals surface area contributed by atoms with E-state index in [2.05, 4.69) is 6.58 Å². The molecule has 0 bridgehead atoms. The van der Waals surface area contributed by atoms with Gasteiger partial charge in [-0.1, -0.05) is 6.58 Å². The minimum absolute atomic E-state index is 0.0234. The van der Waals surface area contributed by atoms with Gasteiger partial charge in [0.25, 0.3) is 5.91 Å². The van der Waals surface area contributed by atoms with E-state index in [0.29, 0.717) is 0 Å². The third kappa shape index (κ3) is 4.75. The van der Waals surface area contributed by atoms with Gasteiger partial charge in [0.2, 0.25) is 0 Å². The second kappa shape index (κ2) is 6.07. The number of nitrogens with zero attached hydrogens (tertiary/aromatic N) is 1. The van der Waals surface area contributed by atoms with Crippen LogP contribution in [0.1, 0.15) is 20.8 Å². The molecule has 0 saturated heterocycles. The minimum atomic E-state index is -1.11. The number of amides is 1. The van der Waals surface area contributed by atoms with Crippen molar-refractivity contribution in [1.82, 2.24) is 4.90 Å². The summed E-state index contributed by atoms with van der Waals surface area (Å²) in [5.41, 5.74) is 0.310. The molecule has 0 aromatic carbocycles. The van der Waals surface area contributed by atoms with Gasteiger partial charge in [0.15, 0.2) is 0 Å². The first kappa shape index (κ1) is 14.4. The molecule has 16 heavy (non-hydrogen) atoms. The molecule has 0 rings (SSSR count). The highest BCUT2D eigenvalue weighted by atomic mass is 16.4. The Hall–Kier alpha value is -1.62. The number of carbonyl (C=O) groups is 2. The summed E-state index contributed by atoms with van der Waals surface area (Å²) in [6.45, 7) is 7.95. The molecule has 1 unspecified atom stereocenters. The van der Waals surface area contributed by atoms with E-state index in [1.54, 1.807) is 0 Å². The molecule has 90 valence electrons. The molecular formula is C11H17NO4. The van der Waals surface area contributed by atoms with E-state index in [4.69, 9.17) is 5.11 Å². The molecule has 0 heterocycles. The highest BCUT2D eigenvalue weighted by Crippen LogP contribution is 2.05. The van der Waals surface area contributed by atoms with Crippen molar-refractivity contribution < 1.29 is 19.8 Å². The highest BCUT2D eigenvalue weighted by molar-refractivity contribution is 5.94. The van der Waals surface area contributed by atoms with Crippen molar-refractivity contribution in [2.24, 2.45) is 0 Å². The molecule has 0 aliphatic carbocycles. The predicted molar refractivity (Wildman–Crippen MR) is 59.6 cm³/mol. The van der Waals surface area contributed by atoms with Gasteiger partial charge < -0.3 is 15.1 Å². The number of hydrogen-bond donors (Lipinski definition) is 2. The summed E-state index contributed by atoms with van der Waals surface area (Å²) in [7, 11) is 0. The van der Waals surface area contributed by atoms with E-state index in [9.17, 15) is 14.7 Å². The van der Waals surface area contributed by atoms with Crippen LogP contribution in [-0.4, -0.2) is 39.6 Å². The minimum Gasteiger partial charge on any atom is -0.478 e. The van der Waals surface area contributed by atoms with Crippen molar-refractivity contribution >= 4 is 11.9 Å². The maximum absolute atomic E-state index is 11.6. The number of carboxylic acid groups (broad SMARTS) is 1. The van der Waals surface area contributed by atoms with Crippen LogP contribution in [0.25, 0.3) is 0 Å². The van der Waals surface area contributed by atoms with Crippen LogP contribution in [0.4, 0.5) is 0 Å². The monoisotopic (exact) mass is 227 g/mol. The zero-order valence-corrected chi connectivity index (χ0v) is 9.73.